The predicted molar refractivity (Wildman–Crippen MR) is 71.7 cm³/mol. The van der Waals surface area contributed by atoms with Gasteiger partial charge in [-0.3, -0.25) is 9.71 Å². The van der Waals surface area contributed by atoms with E-state index in [2.05, 4.69) is 9.71 Å². The van der Waals surface area contributed by atoms with Gasteiger partial charge in [-0.25, -0.2) is 8.42 Å². The monoisotopic (exact) mass is 280 g/mol. The Morgan fingerprint density at radius 2 is 2.11 bits per heavy atom. The number of benzene rings is 1. The van der Waals surface area contributed by atoms with Crippen LogP contribution >= 0.6 is 0 Å². The van der Waals surface area contributed by atoms with Gasteiger partial charge in [0.25, 0.3) is 10.0 Å². The van der Waals surface area contributed by atoms with Gasteiger partial charge in [0.15, 0.2) is 0 Å². The van der Waals surface area contributed by atoms with Crippen molar-refractivity contribution in [1.29, 1.82) is 0 Å². The van der Waals surface area contributed by atoms with Crippen LogP contribution in [0, 0.1) is 0 Å². The summed E-state index contributed by atoms with van der Waals surface area (Å²) >= 11 is 0. The second-order valence-corrected chi connectivity index (χ2v) is 6.50. The summed E-state index contributed by atoms with van der Waals surface area (Å²) in [6.07, 6.45) is 3.07. The first-order valence-corrected chi connectivity index (χ1v) is 7.83. The van der Waals surface area contributed by atoms with Crippen molar-refractivity contribution >= 4 is 15.9 Å². The van der Waals surface area contributed by atoms with Crippen LogP contribution < -0.4 is 4.72 Å². The molecule has 19 heavy (non-hydrogen) atoms. The maximum absolute atomic E-state index is 12.0. The first-order chi connectivity index (χ1) is 9.12. The number of ether oxygens (including phenoxy) is 1. The first kappa shape index (κ1) is 12.6. The molecule has 1 fully saturated rings. The van der Waals surface area contributed by atoms with Crippen LogP contribution in [-0.4, -0.2) is 33.5 Å². The van der Waals surface area contributed by atoms with Crippen LogP contribution in [0.5, 0.6) is 0 Å². The second-order valence-electron chi connectivity index (χ2n) is 4.85. The van der Waals surface area contributed by atoms with Crippen molar-refractivity contribution in [3.8, 4) is 0 Å². The second kappa shape index (κ2) is 4.61. The smallest absolute Gasteiger partial charge is 0.263 e. The van der Waals surface area contributed by atoms with E-state index in [0.717, 1.165) is 19.3 Å². The summed E-state index contributed by atoms with van der Waals surface area (Å²) in [5.74, 6) is 0.449. The van der Waals surface area contributed by atoms with E-state index in [1.807, 2.05) is 6.07 Å². The molecule has 2 atom stereocenters. The summed E-state index contributed by atoms with van der Waals surface area (Å²) < 4.78 is 31.9. The number of amidine groups is 1. The molecule has 0 bridgehead atoms. The Morgan fingerprint density at radius 1 is 1.32 bits per heavy atom. The highest BCUT2D eigenvalue weighted by Crippen LogP contribution is 2.27. The minimum atomic E-state index is -3.44. The maximum Gasteiger partial charge on any atom is 0.263 e. The van der Waals surface area contributed by atoms with E-state index < -0.39 is 10.0 Å². The molecule has 1 aromatic rings. The molecule has 1 N–H and O–H groups in total. The molecule has 3 rings (SSSR count). The fourth-order valence-corrected chi connectivity index (χ4v) is 3.96. The maximum atomic E-state index is 12.0. The molecule has 1 heterocycles. The van der Waals surface area contributed by atoms with Gasteiger partial charge in [-0.05, 0) is 31.4 Å². The van der Waals surface area contributed by atoms with Crippen molar-refractivity contribution in [3.05, 3.63) is 29.8 Å². The van der Waals surface area contributed by atoms with Crippen molar-refractivity contribution in [2.24, 2.45) is 4.99 Å². The van der Waals surface area contributed by atoms with Crippen LogP contribution in [0.1, 0.15) is 24.8 Å². The Bertz CT molecular complexity index is 625. The Labute approximate surface area is 112 Å². The van der Waals surface area contributed by atoms with Crippen LogP contribution in [0.4, 0.5) is 0 Å². The molecule has 0 radical (unpaired) electrons. The number of hydrogen-bond donors (Lipinski definition) is 1. The number of fused-ring (bicyclic) bond motifs is 1. The highest BCUT2D eigenvalue weighted by molar-refractivity contribution is 7.90. The normalized spacial score (nSPS) is 30.3. The lowest BCUT2D eigenvalue weighted by atomic mass is 10.2. The highest BCUT2D eigenvalue weighted by Gasteiger charge is 2.33. The van der Waals surface area contributed by atoms with E-state index in [1.54, 1.807) is 25.3 Å². The van der Waals surface area contributed by atoms with Crippen molar-refractivity contribution in [2.75, 3.05) is 7.11 Å². The number of sulfonamides is 1. The molecule has 0 amide bonds. The third-order valence-electron chi connectivity index (χ3n) is 3.68. The molecule has 102 valence electrons. The SMILES string of the molecule is COC1CCCC1N=C1NS(=O)(=O)c2ccccc21. The van der Waals surface area contributed by atoms with E-state index in [0.29, 0.717) is 16.3 Å². The fourth-order valence-electron chi connectivity index (χ4n) is 2.72. The van der Waals surface area contributed by atoms with E-state index in [4.69, 9.17) is 4.74 Å². The van der Waals surface area contributed by atoms with Crippen LogP contribution in [-0.2, 0) is 14.8 Å². The quantitative estimate of drug-likeness (QED) is 0.887. The standard InChI is InChI=1S/C13H16N2O3S/c1-18-11-7-4-6-10(11)14-13-9-5-2-3-8-12(9)19(16,17)15-13/h2-3,5,8,10-11H,4,6-7H2,1H3,(H,14,15). The summed E-state index contributed by atoms with van der Waals surface area (Å²) in [6, 6.07) is 6.95. The van der Waals surface area contributed by atoms with Crippen molar-refractivity contribution < 1.29 is 13.2 Å². The largest absolute Gasteiger partial charge is 0.379 e. The predicted octanol–water partition coefficient (Wildman–Crippen LogP) is 1.29. The van der Waals surface area contributed by atoms with Gasteiger partial charge in [0, 0.05) is 12.7 Å². The highest BCUT2D eigenvalue weighted by atomic mass is 32.2. The average molecular weight is 280 g/mol. The number of nitrogens with zero attached hydrogens (tertiary/aromatic N) is 1. The van der Waals surface area contributed by atoms with Crippen LogP contribution in [0.15, 0.2) is 34.2 Å². The molecule has 0 aromatic heterocycles. The van der Waals surface area contributed by atoms with Crippen molar-refractivity contribution in [1.82, 2.24) is 4.72 Å². The molecular weight excluding hydrogens is 264 g/mol. The number of nitrogens with one attached hydrogen (secondary N) is 1. The summed E-state index contributed by atoms with van der Waals surface area (Å²) in [7, 11) is -1.77. The van der Waals surface area contributed by atoms with Gasteiger partial charge < -0.3 is 4.74 Å². The first-order valence-electron chi connectivity index (χ1n) is 6.34. The summed E-state index contributed by atoms with van der Waals surface area (Å²) in [6.45, 7) is 0. The lowest BCUT2D eigenvalue weighted by Crippen LogP contribution is -2.27. The zero-order valence-corrected chi connectivity index (χ0v) is 11.5. The minimum absolute atomic E-state index is 0.0360. The minimum Gasteiger partial charge on any atom is -0.379 e. The molecule has 0 spiro atoms. The number of methoxy groups -OCH3 is 1. The lowest BCUT2D eigenvalue weighted by molar-refractivity contribution is 0.0966. The molecule has 2 unspecified atom stereocenters. The Balaban J connectivity index is 2.00. The molecule has 5 nitrogen and oxygen atoms in total. The van der Waals surface area contributed by atoms with Gasteiger partial charge in [0.2, 0.25) is 0 Å². The fraction of sp³-hybridized carbons (Fsp3) is 0.462. The number of hydrogen-bond acceptors (Lipinski definition) is 4. The Kier molecular flexibility index (Phi) is 3.06. The Morgan fingerprint density at radius 3 is 2.89 bits per heavy atom. The number of rotatable bonds is 2. The summed E-state index contributed by atoms with van der Waals surface area (Å²) in [4.78, 5) is 4.87. The van der Waals surface area contributed by atoms with Gasteiger partial charge in [-0.2, -0.15) is 0 Å². The number of aliphatic imine (C=N–C) groups is 1. The third-order valence-corrected chi connectivity index (χ3v) is 5.08. The summed E-state index contributed by atoms with van der Waals surface area (Å²) in [5.41, 5.74) is 0.657. The van der Waals surface area contributed by atoms with Gasteiger partial charge >= 0.3 is 0 Å². The Hall–Kier alpha value is -1.40. The molecule has 1 aliphatic carbocycles. The van der Waals surface area contributed by atoms with E-state index in [-0.39, 0.29) is 12.1 Å². The van der Waals surface area contributed by atoms with Gasteiger partial charge in [0.1, 0.15) is 5.84 Å². The third kappa shape index (κ3) is 2.15. The molecule has 1 aromatic carbocycles. The van der Waals surface area contributed by atoms with Crippen LogP contribution in [0.2, 0.25) is 0 Å². The molecular formula is C13H16N2O3S. The molecule has 6 heteroatoms. The molecule has 0 saturated heterocycles. The lowest BCUT2D eigenvalue weighted by Gasteiger charge is -2.14. The van der Waals surface area contributed by atoms with Gasteiger partial charge in [-0.15, -0.1) is 0 Å². The van der Waals surface area contributed by atoms with Crippen LogP contribution in [0.25, 0.3) is 0 Å². The zero-order valence-electron chi connectivity index (χ0n) is 10.7. The van der Waals surface area contributed by atoms with Crippen LogP contribution in [0.3, 0.4) is 0 Å². The average Bonchev–Trinajstić information content (AvgIpc) is 2.94. The topological polar surface area (TPSA) is 67.8 Å². The molecule has 1 saturated carbocycles. The zero-order chi connectivity index (χ0) is 13.5. The van der Waals surface area contributed by atoms with Gasteiger partial charge in [0.05, 0.1) is 17.0 Å². The van der Waals surface area contributed by atoms with Crippen molar-refractivity contribution in [3.63, 3.8) is 0 Å². The van der Waals surface area contributed by atoms with E-state index >= 15 is 0 Å². The van der Waals surface area contributed by atoms with E-state index in [9.17, 15) is 8.42 Å². The van der Waals surface area contributed by atoms with Gasteiger partial charge in [-0.1, -0.05) is 12.1 Å². The molecule has 2 aliphatic rings. The molecule has 1 aliphatic heterocycles. The summed E-state index contributed by atoms with van der Waals surface area (Å²) in [5, 5.41) is 0. The van der Waals surface area contributed by atoms with Crippen molar-refractivity contribution in [2.45, 2.75) is 36.3 Å². The van der Waals surface area contributed by atoms with E-state index in [1.165, 1.54) is 0 Å².